The van der Waals surface area contributed by atoms with E-state index in [1.54, 1.807) is 12.1 Å². The van der Waals surface area contributed by atoms with E-state index < -0.39 is 0 Å². The summed E-state index contributed by atoms with van der Waals surface area (Å²) in [5, 5.41) is 14.3. The first-order chi connectivity index (χ1) is 9.91. The fourth-order valence-electron chi connectivity index (χ4n) is 2.87. The number of nitrogens with zero attached hydrogens (tertiary/aromatic N) is 2. The van der Waals surface area contributed by atoms with E-state index in [1.165, 1.54) is 6.42 Å². The van der Waals surface area contributed by atoms with Crippen molar-refractivity contribution in [2.75, 3.05) is 29.9 Å². The predicted molar refractivity (Wildman–Crippen MR) is 87.1 cm³/mol. The van der Waals surface area contributed by atoms with Crippen molar-refractivity contribution in [1.82, 2.24) is 0 Å². The Morgan fingerprint density at radius 2 is 2.05 bits per heavy atom. The molecule has 0 unspecified atom stereocenters. The molecule has 1 heterocycles. The van der Waals surface area contributed by atoms with Crippen LogP contribution in [0.15, 0.2) is 18.2 Å². The van der Waals surface area contributed by atoms with Gasteiger partial charge in [0.1, 0.15) is 0 Å². The van der Waals surface area contributed by atoms with Gasteiger partial charge in [-0.2, -0.15) is 0 Å². The molecule has 116 valence electrons. The first kappa shape index (κ1) is 15.6. The van der Waals surface area contributed by atoms with Crippen LogP contribution in [0.1, 0.15) is 40.0 Å². The second kappa shape index (κ2) is 6.33. The normalized spacial score (nSPS) is 18.1. The van der Waals surface area contributed by atoms with Crippen molar-refractivity contribution in [1.29, 1.82) is 0 Å². The highest BCUT2D eigenvalue weighted by Gasteiger charge is 2.24. The molecule has 0 amide bonds. The minimum Gasteiger partial charge on any atom is -0.385 e. The number of rotatable bonds is 4. The van der Waals surface area contributed by atoms with Crippen LogP contribution in [0.3, 0.4) is 0 Å². The van der Waals surface area contributed by atoms with Gasteiger partial charge in [-0.3, -0.25) is 10.1 Å². The lowest BCUT2D eigenvalue weighted by Crippen LogP contribution is -2.25. The van der Waals surface area contributed by atoms with Crippen molar-refractivity contribution >= 4 is 17.1 Å². The standard InChI is InChI=1S/C16H25N3O2/c1-4-17-13-10-14(12-15(11-13)19(20)21)18-8-5-6-16(2,3)7-9-18/h10-12,17H,4-9H2,1-3H3. The molecule has 0 radical (unpaired) electrons. The van der Waals surface area contributed by atoms with Gasteiger partial charge in [0.2, 0.25) is 0 Å². The first-order valence-corrected chi connectivity index (χ1v) is 7.69. The minimum atomic E-state index is -0.313. The van der Waals surface area contributed by atoms with Gasteiger partial charge in [0.15, 0.2) is 0 Å². The molecule has 0 aliphatic carbocycles. The molecule has 1 aromatic carbocycles. The number of anilines is 2. The second-order valence-electron chi connectivity index (χ2n) is 6.53. The van der Waals surface area contributed by atoms with E-state index in [2.05, 4.69) is 24.1 Å². The maximum atomic E-state index is 11.1. The third-order valence-corrected chi connectivity index (χ3v) is 4.20. The van der Waals surface area contributed by atoms with E-state index >= 15 is 0 Å². The number of nitro groups is 1. The lowest BCUT2D eigenvalue weighted by molar-refractivity contribution is -0.384. The highest BCUT2D eigenvalue weighted by Crippen LogP contribution is 2.33. The Balaban J connectivity index is 2.27. The topological polar surface area (TPSA) is 58.4 Å². The summed E-state index contributed by atoms with van der Waals surface area (Å²) in [5.41, 5.74) is 2.30. The Kier molecular flexibility index (Phi) is 4.70. The summed E-state index contributed by atoms with van der Waals surface area (Å²) in [5.74, 6) is 0. The highest BCUT2D eigenvalue weighted by molar-refractivity contribution is 5.64. The average Bonchev–Trinajstić information content (AvgIpc) is 2.59. The van der Waals surface area contributed by atoms with E-state index in [0.29, 0.717) is 5.41 Å². The van der Waals surface area contributed by atoms with Crippen LogP contribution < -0.4 is 10.2 Å². The van der Waals surface area contributed by atoms with Gasteiger partial charge >= 0.3 is 0 Å². The molecule has 5 heteroatoms. The van der Waals surface area contributed by atoms with Crippen molar-refractivity contribution in [2.24, 2.45) is 5.41 Å². The third-order valence-electron chi connectivity index (χ3n) is 4.20. The molecule has 1 aromatic rings. The quantitative estimate of drug-likeness (QED) is 0.672. The lowest BCUT2D eigenvalue weighted by Gasteiger charge is -2.25. The third kappa shape index (κ3) is 4.09. The molecule has 1 aliphatic rings. The molecule has 5 nitrogen and oxygen atoms in total. The molecular weight excluding hydrogens is 266 g/mol. The van der Waals surface area contributed by atoms with Gasteiger partial charge in [-0.05, 0) is 37.7 Å². The van der Waals surface area contributed by atoms with E-state index in [-0.39, 0.29) is 10.6 Å². The van der Waals surface area contributed by atoms with Crippen molar-refractivity contribution in [2.45, 2.75) is 40.0 Å². The summed E-state index contributed by atoms with van der Waals surface area (Å²) in [7, 11) is 0. The van der Waals surface area contributed by atoms with Crippen molar-refractivity contribution < 1.29 is 4.92 Å². The van der Waals surface area contributed by atoms with Gasteiger partial charge in [-0.15, -0.1) is 0 Å². The monoisotopic (exact) mass is 291 g/mol. The van der Waals surface area contributed by atoms with Crippen LogP contribution in [0.5, 0.6) is 0 Å². The molecule has 0 bridgehead atoms. The van der Waals surface area contributed by atoms with Crippen molar-refractivity contribution in [3.63, 3.8) is 0 Å². The number of benzene rings is 1. The number of nitro benzene ring substituents is 1. The Morgan fingerprint density at radius 3 is 2.71 bits per heavy atom. The smallest absolute Gasteiger partial charge is 0.273 e. The van der Waals surface area contributed by atoms with Crippen LogP contribution in [-0.2, 0) is 0 Å². The number of hydrogen-bond acceptors (Lipinski definition) is 4. The van der Waals surface area contributed by atoms with Gasteiger partial charge in [-0.25, -0.2) is 0 Å². The van der Waals surface area contributed by atoms with Gasteiger partial charge < -0.3 is 10.2 Å². The summed E-state index contributed by atoms with van der Waals surface area (Å²) < 4.78 is 0. The molecule has 2 rings (SSSR count). The van der Waals surface area contributed by atoms with Gasteiger partial charge in [0.05, 0.1) is 4.92 Å². The number of non-ortho nitro benzene ring substituents is 1. The van der Waals surface area contributed by atoms with Crippen LogP contribution in [0.2, 0.25) is 0 Å². The van der Waals surface area contributed by atoms with Crippen LogP contribution >= 0.6 is 0 Å². The molecule has 0 atom stereocenters. The summed E-state index contributed by atoms with van der Waals surface area (Å²) in [6.45, 7) is 9.28. The molecule has 1 fully saturated rings. The maximum absolute atomic E-state index is 11.1. The van der Waals surface area contributed by atoms with Crippen LogP contribution in [0, 0.1) is 15.5 Å². The van der Waals surface area contributed by atoms with Gasteiger partial charge in [0.25, 0.3) is 5.69 Å². The van der Waals surface area contributed by atoms with Gasteiger partial charge in [0, 0.05) is 43.1 Å². The highest BCUT2D eigenvalue weighted by atomic mass is 16.6. The zero-order valence-corrected chi connectivity index (χ0v) is 13.2. The fraction of sp³-hybridized carbons (Fsp3) is 0.625. The van der Waals surface area contributed by atoms with Crippen LogP contribution in [-0.4, -0.2) is 24.6 Å². The Morgan fingerprint density at radius 1 is 1.29 bits per heavy atom. The van der Waals surface area contributed by atoms with E-state index in [0.717, 1.165) is 43.9 Å². The van der Waals surface area contributed by atoms with E-state index in [9.17, 15) is 10.1 Å². The molecule has 21 heavy (non-hydrogen) atoms. The SMILES string of the molecule is CCNc1cc(N2CCCC(C)(C)CC2)cc([N+](=O)[O-])c1. The largest absolute Gasteiger partial charge is 0.385 e. The Labute approximate surface area is 126 Å². The molecular formula is C16H25N3O2. The summed E-state index contributed by atoms with van der Waals surface area (Å²) >= 11 is 0. The zero-order chi connectivity index (χ0) is 15.5. The molecule has 1 N–H and O–H groups in total. The summed E-state index contributed by atoms with van der Waals surface area (Å²) in [6.07, 6.45) is 3.46. The van der Waals surface area contributed by atoms with E-state index in [1.807, 2.05) is 13.0 Å². The van der Waals surface area contributed by atoms with Crippen molar-refractivity contribution in [3.05, 3.63) is 28.3 Å². The molecule has 0 spiro atoms. The first-order valence-electron chi connectivity index (χ1n) is 7.69. The lowest BCUT2D eigenvalue weighted by atomic mass is 9.85. The second-order valence-corrected chi connectivity index (χ2v) is 6.53. The van der Waals surface area contributed by atoms with E-state index in [4.69, 9.17) is 0 Å². The van der Waals surface area contributed by atoms with Crippen molar-refractivity contribution in [3.8, 4) is 0 Å². The molecule has 0 aromatic heterocycles. The van der Waals surface area contributed by atoms with Gasteiger partial charge in [-0.1, -0.05) is 13.8 Å². The number of nitrogens with one attached hydrogen (secondary N) is 1. The fourth-order valence-corrected chi connectivity index (χ4v) is 2.87. The minimum absolute atomic E-state index is 0.159. The molecule has 1 aliphatic heterocycles. The predicted octanol–water partition coefficient (Wildman–Crippen LogP) is 4.04. The molecule has 0 saturated carbocycles. The summed E-state index contributed by atoms with van der Waals surface area (Å²) in [4.78, 5) is 13.1. The number of hydrogen-bond donors (Lipinski definition) is 1. The molecule has 1 saturated heterocycles. The zero-order valence-electron chi connectivity index (χ0n) is 13.2. The Bertz CT molecular complexity index is 514. The maximum Gasteiger partial charge on any atom is 0.273 e. The summed E-state index contributed by atoms with van der Waals surface area (Å²) in [6, 6.07) is 5.32. The average molecular weight is 291 g/mol. The van der Waals surface area contributed by atoms with Crippen LogP contribution in [0.4, 0.5) is 17.1 Å². The van der Waals surface area contributed by atoms with Crippen LogP contribution in [0.25, 0.3) is 0 Å². The Hall–Kier alpha value is -1.78.